The van der Waals surface area contributed by atoms with Crippen molar-refractivity contribution in [2.45, 2.75) is 32.4 Å². The molecule has 0 aromatic heterocycles. The van der Waals surface area contributed by atoms with Gasteiger partial charge in [-0.1, -0.05) is 12.1 Å². The zero-order valence-electron chi connectivity index (χ0n) is 8.50. The average molecular weight is 193 g/mol. The van der Waals surface area contributed by atoms with Gasteiger partial charge in [0.2, 0.25) is 0 Å². The maximum absolute atomic E-state index is 9.84. The number of phenolic OH excluding ortho intramolecular Hbond substituents is 1. The summed E-state index contributed by atoms with van der Waals surface area (Å²) in [4.78, 5) is 0. The summed E-state index contributed by atoms with van der Waals surface area (Å²) in [5.41, 5.74) is 7.08. The molecule has 0 fully saturated rings. The zero-order chi connectivity index (χ0) is 10.3. The fourth-order valence-corrected chi connectivity index (χ4v) is 1.84. The summed E-state index contributed by atoms with van der Waals surface area (Å²) >= 11 is 0. The molecule has 0 spiro atoms. The Bertz CT molecular complexity index is 372. The molecule has 3 heteroatoms. The first-order valence-electron chi connectivity index (χ1n) is 4.76. The Hall–Kier alpha value is -1.22. The normalized spacial score (nSPS) is 17.6. The third-order valence-electron chi connectivity index (χ3n) is 2.51. The first-order valence-corrected chi connectivity index (χ1v) is 4.76. The van der Waals surface area contributed by atoms with Crippen molar-refractivity contribution in [2.24, 2.45) is 5.73 Å². The van der Waals surface area contributed by atoms with Gasteiger partial charge in [0.05, 0.1) is 0 Å². The van der Waals surface area contributed by atoms with Crippen LogP contribution in [-0.4, -0.2) is 10.7 Å². The molecule has 0 saturated carbocycles. The molecule has 14 heavy (non-hydrogen) atoms. The van der Waals surface area contributed by atoms with E-state index in [1.54, 1.807) is 0 Å². The number of hydrogen-bond acceptors (Lipinski definition) is 3. The Balaban J connectivity index is 2.48. The Labute approximate surface area is 83.5 Å². The molecule has 0 bridgehead atoms. The van der Waals surface area contributed by atoms with E-state index in [2.05, 4.69) is 0 Å². The molecule has 1 aliphatic heterocycles. The molecule has 0 radical (unpaired) electrons. The molecule has 0 aliphatic carbocycles. The number of benzene rings is 1. The molecule has 1 aromatic rings. The number of phenols is 1. The predicted octanol–water partition coefficient (Wildman–Crippen LogP) is 1.56. The SMILES string of the molecule is CC1(C)Cc2ccc(CN)c(O)c2O1. The van der Waals surface area contributed by atoms with Crippen LogP contribution in [0.2, 0.25) is 0 Å². The second kappa shape index (κ2) is 2.89. The minimum Gasteiger partial charge on any atom is -0.504 e. The number of rotatable bonds is 1. The summed E-state index contributed by atoms with van der Waals surface area (Å²) in [6, 6.07) is 3.84. The third kappa shape index (κ3) is 1.34. The molecule has 1 heterocycles. The summed E-state index contributed by atoms with van der Waals surface area (Å²) in [6.45, 7) is 4.35. The van der Waals surface area contributed by atoms with E-state index in [1.807, 2.05) is 26.0 Å². The first kappa shape index (κ1) is 9.34. The second-order valence-corrected chi connectivity index (χ2v) is 4.30. The van der Waals surface area contributed by atoms with Crippen LogP contribution in [0.4, 0.5) is 0 Å². The first-order chi connectivity index (χ1) is 6.53. The summed E-state index contributed by atoms with van der Waals surface area (Å²) in [5.74, 6) is 0.813. The smallest absolute Gasteiger partial charge is 0.165 e. The van der Waals surface area contributed by atoms with E-state index in [9.17, 15) is 5.11 Å². The average Bonchev–Trinajstić information content (AvgIpc) is 2.42. The molecule has 3 nitrogen and oxygen atoms in total. The van der Waals surface area contributed by atoms with E-state index in [0.717, 1.165) is 17.5 Å². The second-order valence-electron chi connectivity index (χ2n) is 4.30. The Morgan fingerprint density at radius 3 is 2.86 bits per heavy atom. The minimum absolute atomic E-state index is 0.204. The molecule has 3 N–H and O–H groups in total. The molecular weight excluding hydrogens is 178 g/mol. The molecule has 76 valence electrons. The number of ether oxygens (including phenoxy) is 1. The standard InChI is InChI=1S/C11H15NO2/c1-11(2)5-7-3-4-8(6-12)9(13)10(7)14-11/h3-4,13H,5-6,12H2,1-2H3. The van der Waals surface area contributed by atoms with Crippen LogP contribution in [0.3, 0.4) is 0 Å². The van der Waals surface area contributed by atoms with Crippen molar-refractivity contribution in [3.63, 3.8) is 0 Å². The maximum atomic E-state index is 9.84. The van der Waals surface area contributed by atoms with Gasteiger partial charge in [-0.3, -0.25) is 0 Å². The van der Waals surface area contributed by atoms with Crippen molar-refractivity contribution < 1.29 is 9.84 Å². The van der Waals surface area contributed by atoms with E-state index >= 15 is 0 Å². The Morgan fingerprint density at radius 1 is 1.50 bits per heavy atom. The lowest BCUT2D eigenvalue weighted by Crippen LogP contribution is -2.24. The topological polar surface area (TPSA) is 55.5 Å². The van der Waals surface area contributed by atoms with Crippen LogP contribution in [0.5, 0.6) is 11.5 Å². The molecule has 0 amide bonds. The third-order valence-corrected chi connectivity index (χ3v) is 2.51. The van der Waals surface area contributed by atoms with Crippen molar-refractivity contribution >= 4 is 0 Å². The highest BCUT2D eigenvalue weighted by molar-refractivity contribution is 5.53. The highest BCUT2D eigenvalue weighted by atomic mass is 16.5. The van der Waals surface area contributed by atoms with Crippen molar-refractivity contribution in [1.82, 2.24) is 0 Å². The summed E-state index contributed by atoms with van der Waals surface area (Å²) < 4.78 is 5.66. The Morgan fingerprint density at radius 2 is 2.21 bits per heavy atom. The van der Waals surface area contributed by atoms with Gasteiger partial charge in [-0.05, 0) is 13.8 Å². The summed E-state index contributed by atoms with van der Waals surface area (Å²) in [6.07, 6.45) is 0.834. The zero-order valence-corrected chi connectivity index (χ0v) is 8.50. The van der Waals surface area contributed by atoms with E-state index in [-0.39, 0.29) is 11.4 Å². The number of fused-ring (bicyclic) bond motifs is 1. The minimum atomic E-state index is -0.215. The van der Waals surface area contributed by atoms with Gasteiger partial charge in [-0.2, -0.15) is 0 Å². The fourth-order valence-electron chi connectivity index (χ4n) is 1.84. The molecule has 0 unspecified atom stereocenters. The van der Waals surface area contributed by atoms with Gasteiger partial charge in [-0.25, -0.2) is 0 Å². The van der Waals surface area contributed by atoms with E-state index in [0.29, 0.717) is 12.3 Å². The highest BCUT2D eigenvalue weighted by Crippen LogP contribution is 2.42. The van der Waals surface area contributed by atoms with Crippen LogP contribution < -0.4 is 10.5 Å². The lowest BCUT2D eigenvalue weighted by Gasteiger charge is -2.17. The molecular formula is C11H15NO2. The number of hydrogen-bond donors (Lipinski definition) is 2. The van der Waals surface area contributed by atoms with Gasteiger partial charge in [-0.15, -0.1) is 0 Å². The van der Waals surface area contributed by atoms with Gasteiger partial charge in [0.15, 0.2) is 11.5 Å². The lowest BCUT2D eigenvalue weighted by atomic mass is 10.0. The quantitative estimate of drug-likeness (QED) is 0.711. The monoisotopic (exact) mass is 193 g/mol. The highest BCUT2D eigenvalue weighted by Gasteiger charge is 2.32. The Kier molecular flexibility index (Phi) is 1.93. The van der Waals surface area contributed by atoms with Crippen LogP contribution >= 0.6 is 0 Å². The van der Waals surface area contributed by atoms with Crippen LogP contribution in [0.1, 0.15) is 25.0 Å². The van der Waals surface area contributed by atoms with Gasteiger partial charge < -0.3 is 15.6 Å². The molecule has 0 saturated heterocycles. The largest absolute Gasteiger partial charge is 0.504 e. The van der Waals surface area contributed by atoms with Crippen LogP contribution in [-0.2, 0) is 13.0 Å². The number of aromatic hydroxyl groups is 1. The molecule has 1 aromatic carbocycles. The van der Waals surface area contributed by atoms with Gasteiger partial charge >= 0.3 is 0 Å². The van der Waals surface area contributed by atoms with Crippen LogP contribution in [0.15, 0.2) is 12.1 Å². The van der Waals surface area contributed by atoms with E-state index in [1.165, 1.54) is 0 Å². The van der Waals surface area contributed by atoms with Gasteiger partial charge in [0, 0.05) is 24.1 Å². The van der Waals surface area contributed by atoms with Crippen LogP contribution in [0.25, 0.3) is 0 Å². The number of nitrogens with two attached hydrogens (primary N) is 1. The van der Waals surface area contributed by atoms with Crippen molar-refractivity contribution in [3.8, 4) is 11.5 Å². The van der Waals surface area contributed by atoms with E-state index in [4.69, 9.17) is 10.5 Å². The predicted molar refractivity (Wildman–Crippen MR) is 54.4 cm³/mol. The fraction of sp³-hybridized carbons (Fsp3) is 0.455. The summed E-state index contributed by atoms with van der Waals surface area (Å²) in [7, 11) is 0. The molecule has 1 aliphatic rings. The molecule has 2 rings (SSSR count). The lowest BCUT2D eigenvalue weighted by molar-refractivity contribution is 0.134. The van der Waals surface area contributed by atoms with E-state index < -0.39 is 0 Å². The van der Waals surface area contributed by atoms with Crippen molar-refractivity contribution in [3.05, 3.63) is 23.3 Å². The van der Waals surface area contributed by atoms with Crippen molar-refractivity contribution in [1.29, 1.82) is 0 Å². The van der Waals surface area contributed by atoms with Gasteiger partial charge in [0.1, 0.15) is 5.60 Å². The van der Waals surface area contributed by atoms with Crippen molar-refractivity contribution in [2.75, 3.05) is 0 Å². The van der Waals surface area contributed by atoms with Crippen LogP contribution in [0, 0.1) is 0 Å². The summed E-state index contributed by atoms with van der Waals surface area (Å²) in [5, 5.41) is 9.84. The molecule has 0 atom stereocenters. The van der Waals surface area contributed by atoms with Gasteiger partial charge in [0.25, 0.3) is 0 Å². The maximum Gasteiger partial charge on any atom is 0.165 e.